The molecule has 124 valence electrons. The molecule has 0 atom stereocenters. The molecule has 6 nitrogen and oxygen atoms in total. The molecule has 0 radical (unpaired) electrons. The molecular formula is C16H15F2N5O. The second-order valence-corrected chi connectivity index (χ2v) is 5.12. The van der Waals surface area contributed by atoms with Crippen molar-refractivity contribution >= 4 is 28.2 Å². The van der Waals surface area contributed by atoms with Crippen molar-refractivity contribution in [3.05, 3.63) is 48.8 Å². The van der Waals surface area contributed by atoms with E-state index in [2.05, 4.69) is 27.2 Å². The maximum atomic E-state index is 12.1. The highest BCUT2D eigenvalue weighted by atomic mass is 19.3. The van der Waals surface area contributed by atoms with Gasteiger partial charge in [0.1, 0.15) is 5.71 Å². The molecule has 0 saturated carbocycles. The largest absolute Gasteiger partial charge is 0.472 e. The van der Waals surface area contributed by atoms with Gasteiger partial charge in [-0.25, -0.2) is 13.8 Å². The minimum absolute atomic E-state index is 0.0935. The lowest BCUT2D eigenvalue weighted by Gasteiger charge is -2.11. The molecule has 0 bridgehead atoms. The van der Waals surface area contributed by atoms with Gasteiger partial charge in [-0.2, -0.15) is 10.2 Å². The summed E-state index contributed by atoms with van der Waals surface area (Å²) in [4.78, 5) is 4.00. The monoisotopic (exact) mass is 331 g/mol. The van der Waals surface area contributed by atoms with E-state index in [-0.39, 0.29) is 5.90 Å². The third-order valence-electron chi connectivity index (χ3n) is 3.21. The number of rotatable bonds is 4. The summed E-state index contributed by atoms with van der Waals surface area (Å²) in [7, 11) is 1.86. The number of nitrogens with one attached hydrogen (secondary N) is 1. The molecule has 1 N–H and O–H groups in total. The van der Waals surface area contributed by atoms with Crippen LogP contribution in [0.3, 0.4) is 0 Å². The molecule has 0 amide bonds. The second kappa shape index (κ2) is 6.61. The Hall–Kier alpha value is -3.03. The molecule has 3 rings (SSSR count). The van der Waals surface area contributed by atoms with Crippen LogP contribution in [0.2, 0.25) is 0 Å². The van der Waals surface area contributed by atoms with Crippen molar-refractivity contribution in [2.45, 2.75) is 6.43 Å². The van der Waals surface area contributed by atoms with Crippen molar-refractivity contribution in [2.75, 3.05) is 12.0 Å². The summed E-state index contributed by atoms with van der Waals surface area (Å²) in [6.45, 7) is 3.05. The number of ether oxygens (including phenoxy) is 1. The van der Waals surface area contributed by atoms with E-state index < -0.39 is 13.0 Å². The summed E-state index contributed by atoms with van der Waals surface area (Å²) in [5.74, 6) is 0.0935. The summed E-state index contributed by atoms with van der Waals surface area (Å²) in [5.41, 5.74) is 5.42. The number of benzene rings is 1. The number of aryl methyl sites for hydroxylation is 1. The van der Waals surface area contributed by atoms with Crippen LogP contribution in [0.25, 0.3) is 10.9 Å². The number of anilines is 1. The average Bonchev–Trinajstić information content (AvgIpc) is 2.91. The van der Waals surface area contributed by atoms with Crippen LogP contribution in [-0.4, -0.2) is 34.4 Å². The van der Waals surface area contributed by atoms with E-state index >= 15 is 0 Å². The van der Waals surface area contributed by atoms with Gasteiger partial charge in [0.05, 0.1) is 16.9 Å². The number of dihydropyridines is 1. The Morgan fingerprint density at radius 2 is 2.21 bits per heavy atom. The molecule has 1 aromatic heterocycles. The Balaban J connectivity index is 1.68. The number of alkyl halides is 2. The summed E-state index contributed by atoms with van der Waals surface area (Å²) < 4.78 is 30.8. The minimum atomic E-state index is -2.55. The molecule has 1 aliphatic rings. The molecule has 1 aromatic carbocycles. The highest BCUT2D eigenvalue weighted by Crippen LogP contribution is 2.18. The summed E-state index contributed by atoms with van der Waals surface area (Å²) in [6, 6.07) is 5.66. The zero-order valence-electron chi connectivity index (χ0n) is 12.9. The molecule has 8 heteroatoms. The van der Waals surface area contributed by atoms with Gasteiger partial charge in [0.15, 0.2) is 6.61 Å². The van der Waals surface area contributed by atoms with E-state index in [1.165, 1.54) is 6.08 Å². The third-order valence-corrected chi connectivity index (χ3v) is 3.21. The number of allylic oxidation sites excluding steroid dienone is 1. The topological polar surface area (TPSA) is 63.8 Å². The number of aromatic nitrogens is 2. The third kappa shape index (κ3) is 3.65. The van der Waals surface area contributed by atoms with Crippen LogP contribution >= 0.6 is 0 Å². The van der Waals surface area contributed by atoms with Crippen LogP contribution in [0.5, 0.6) is 0 Å². The van der Waals surface area contributed by atoms with Crippen LogP contribution in [0.4, 0.5) is 14.5 Å². The minimum Gasteiger partial charge on any atom is -0.472 e. The zero-order chi connectivity index (χ0) is 17.1. The lowest BCUT2D eigenvalue weighted by Crippen LogP contribution is -2.15. The molecular weight excluding hydrogens is 316 g/mol. The predicted octanol–water partition coefficient (Wildman–Crippen LogP) is 3.10. The predicted molar refractivity (Wildman–Crippen MR) is 89.4 cm³/mol. The summed E-state index contributed by atoms with van der Waals surface area (Å²) >= 11 is 0. The lowest BCUT2D eigenvalue weighted by molar-refractivity contribution is 0.0769. The Kier molecular flexibility index (Phi) is 4.37. The molecule has 24 heavy (non-hydrogen) atoms. The maximum Gasteiger partial charge on any atom is 0.272 e. The molecule has 2 heterocycles. The number of nitrogens with zero attached hydrogens (tertiary/aromatic N) is 4. The van der Waals surface area contributed by atoms with E-state index in [9.17, 15) is 8.78 Å². The highest BCUT2D eigenvalue weighted by Gasteiger charge is 2.12. The number of fused-ring (bicyclic) bond motifs is 1. The van der Waals surface area contributed by atoms with Gasteiger partial charge in [0.25, 0.3) is 6.43 Å². The normalized spacial score (nSPS) is 16.1. The fraction of sp³-hybridized carbons (Fsp3) is 0.188. The summed E-state index contributed by atoms with van der Waals surface area (Å²) in [5, 5.41) is 9.50. The maximum absolute atomic E-state index is 12.1. The average molecular weight is 331 g/mol. The zero-order valence-corrected chi connectivity index (χ0v) is 12.9. The van der Waals surface area contributed by atoms with Crippen molar-refractivity contribution in [3.63, 3.8) is 0 Å². The quantitative estimate of drug-likeness (QED) is 0.876. The molecule has 1 aliphatic heterocycles. The molecule has 0 unspecified atom stereocenters. The molecule has 0 saturated heterocycles. The SMILES string of the molecule is C=C1N=C(OCC(F)F)C=C/C1=N/Nc1ccc2nn(C)cc2c1. The van der Waals surface area contributed by atoms with E-state index in [0.29, 0.717) is 11.4 Å². The van der Waals surface area contributed by atoms with Gasteiger partial charge < -0.3 is 4.74 Å². The molecule has 0 aliphatic carbocycles. The lowest BCUT2D eigenvalue weighted by atomic mass is 10.2. The van der Waals surface area contributed by atoms with Crippen molar-refractivity contribution in [3.8, 4) is 0 Å². The summed E-state index contributed by atoms with van der Waals surface area (Å²) in [6.07, 6.45) is 2.44. The fourth-order valence-electron chi connectivity index (χ4n) is 2.15. The Labute approximate surface area is 136 Å². The Bertz CT molecular complexity index is 866. The smallest absolute Gasteiger partial charge is 0.272 e. The Morgan fingerprint density at radius 3 is 2.96 bits per heavy atom. The van der Waals surface area contributed by atoms with E-state index in [1.807, 2.05) is 31.4 Å². The molecule has 0 fully saturated rings. The van der Waals surface area contributed by atoms with Crippen molar-refractivity contribution in [1.29, 1.82) is 0 Å². The first-order valence-corrected chi connectivity index (χ1v) is 7.15. The van der Waals surface area contributed by atoms with Gasteiger partial charge in [-0.3, -0.25) is 10.1 Å². The van der Waals surface area contributed by atoms with Crippen LogP contribution in [0, 0.1) is 0 Å². The number of aliphatic imine (C=N–C) groups is 1. The van der Waals surface area contributed by atoms with Crippen molar-refractivity contribution in [1.82, 2.24) is 9.78 Å². The molecule has 2 aromatic rings. The Morgan fingerprint density at radius 1 is 1.38 bits per heavy atom. The van der Waals surface area contributed by atoms with Gasteiger partial charge in [-0.05, 0) is 24.3 Å². The highest BCUT2D eigenvalue weighted by molar-refractivity contribution is 6.14. The number of hydrogen-bond acceptors (Lipinski definition) is 5. The van der Waals surface area contributed by atoms with Crippen LogP contribution < -0.4 is 5.43 Å². The van der Waals surface area contributed by atoms with Crippen molar-refractivity contribution < 1.29 is 13.5 Å². The van der Waals surface area contributed by atoms with E-state index in [4.69, 9.17) is 4.74 Å². The van der Waals surface area contributed by atoms with E-state index in [0.717, 1.165) is 16.6 Å². The van der Waals surface area contributed by atoms with Crippen molar-refractivity contribution in [2.24, 2.45) is 17.1 Å². The second-order valence-electron chi connectivity index (χ2n) is 5.12. The standard InChI is InChI=1S/C16H15F2N5O/c1-10-13(5-6-16(19-10)24-9-15(17)18)21-20-12-3-4-14-11(7-12)8-23(2)22-14/h3-8,15,20H,1,9H2,2H3/b21-13-. The van der Waals surface area contributed by atoms with Gasteiger partial charge >= 0.3 is 0 Å². The van der Waals surface area contributed by atoms with Gasteiger partial charge in [0.2, 0.25) is 5.90 Å². The van der Waals surface area contributed by atoms with E-state index in [1.54, 1.807) is 10.8 Å². The van der Waals surface area contributed by atoms with Gasteiger partial charge in [-0.1, -0.05) is 6.58 Å². The first kappa shape index (κ1) is 15.9. The fourth-order valence-corrected chi connectivity index (χ4v) is 2.15. The van der Waals surface area contributed by atoms with Crippen LogP contribution in [-0.2, 0) is 11.8 Å². The van der Waals surface area contributed by atoms with Gasteiger partial charge in [0, 0.05) is 24.7 Å². The first-order chi connectivity index (χ1) is 11.5. The number of halogens is 2. The van der Waals surface area contributed by atoms with Crippen LogP contribution in [0.1, 0.15) is 0 Å². The van der Waals surface area contributed by atoms with Crippen LogP contribution in [0.15, 0.2) is 58.9 Å². The number of hydrogen-bond donors (Lipinski definition) is 1. The number of hydrazone groups is 1. The first-order valence-electron chi connectivity index (χ1n) is 7.15. The molecule has 0 spiro atoms. The van der Waals surface area contributed by atoms with Gasteiger partial charge in [-0.15, -0.1) is 0 Å².